The van der Waals surface area contributed by atoms with Crippen LogP contribution in [0.3, 0.4) is 0 Å². The van der Waals surface area contributed by atoms with Gasteiger partial charge in [0.2, 0.25) is 0 Å². The molecule has 1 saturated heterocycles. The van der Waals surface area contributed by atoms with E-state index in [0.29, 0.717) is 6.42 Å². The number of nitrogens with two attached hydrogens (primary N) is 1. The number of fused-ring (bicyclic) bond motifs is 1. The number of aromatic nitrogens is 1. The number of hydrazine groups is 1. The smallest absolute Gasteiger partial charge is 0.324 e. The average molecular weight is 393 g/mol. The Kier molecular flexibility index (Phi) is 5.41. The van der Waals surface area contributed by atoms with Gasteiger partial charge in [-0.1, -0.05) is 49.4 Å². The van der Waals surface area contributed by atoms with Gasteiger partial charge in [-0.3, -0.25) is 4.79 Å². The predicted octanol–water partition coefficient (Wildman–Crippen LogP) is 3.14. The molecule has 0 amide bonds. The summed E-state index contributed by atoms with van der Waals surface area (Å²) in [4.78, 5) is 15.0. The summed E-state index contributed by atoms with van der Waals surface area (Å²) in [5, 5.41) is 12.5. The molecule has 1 fully saturated rings. The SMILES string of the molecule is Cc1ccccc1C(C)CC(N)NN1[C@H](Cc2c[nH]c3ccccc23)[C@@H]1C(=O)O. The van der Waals surface area contributed by atoms with Crippen LogP contribution in [0.25, 0.3) is 10.9 Å². The minimum atomic E-state index is -0.818. The van der Waals surface area contributed by atoms with Gasteiger partial charge in [-0.25, -0.2) is 10.4 Å². The molecule has 4 rings (SSSR count). The van der Waals surface area contributed by atoms with Crippen molar-refractivity contribution in [3.8, 4) is 0 Å². The number of nitrogens with one attached hydrogen (secondary N) is 2. The topological polar surface area (TPSA) is 94.1 Å². The number of H-pyrrole nitrogens is 1. The molecule has 2 aromatic carbocycles. The van der Waals surface area contributed by atoms with Gasteiger partial charge < -0.3 is 15.8 Å². The third-order valence-corrected chi connectivity index (χ3v) is 5.93. The normalized spacial score (nSPS) is 23.1. The van der Waals surface area contributed by atoms with Crippen molar-refractivity contribution in [3.05, 3.63) is 71.4 Å². The summed E-state index contributed by atoms with van der Waals surface area (Å²) in [6, 6.07) is 15.7. The fourth-order valence-electron chi connectivity index (χ4n) is 4.37. The highest BCUT2D eigenvalue weighted by atomic mass is 16.4. The van der Waals surface area contributed by atoms with Crippen molar-refractivity contribution >= 4 is 16.9 Å². The van der Waals surface area contributed by atoms with Crippen LogP contribution in [0.4, 0.5) is 0 Å². The first kappa shape index (κ1) is 19.6. The quantitative estimate of drug-likeness (QED) is 0.349. The van der Waals surface area contributed by atoms with Gasteiger partial charge >= 0.3 is 5.97 Å². The lowest BCUT2D eigenvalue weighted by molar-refractivity contribution is -0.137. The summed E-state index contributed by atoms with van der Waals surface area (Å²) in [5.74, 6) is -0.532. The number of hydrogen-bond donors (Lipinski definition) is 4. The molecule has 6 nitrogen and oxygen atoms in total. The Morgan fingerprint density at radius 1 is 1.24 bits per heavy atom. The Balaban J connectivity index is 1.41. The number of carboxylic acid groups (broad SMARTS) is 1. The van der Waals surface area contributed by atoms with Crippen molar-refractivity contribution in [2.24, 2.45) is 5.73 Å². The number of aliphatic carboxylic acids is 1. The van der Waals surface area contributed by atoms with Crippen LogP contribution in [0.2, 0.25) is 0 Å². The third kappa shape index (κ3) is 4.05. The zero-order valence-corrected chi connectivity index (χ0v) is 16.8. The maximum Gasteiger partial charge on any atom is 0.324 e. The van der Waals surface area contributed by atoms with Crippen molar-refractivity contribution in [1.82, 2.24) is 15.4 Å². The Morgan fingerprint density at radius 2 is 1.97 bits per heavy atom. The largest absolute Gasteiger partial charge is 0.480 e. The van der Waals surface area contributed by atoms with Crippen LogP contribution < -0.4 is 11.2 Å². The molecule has 6 heteroatoms. The van der Waals surface area contributed by atoms with E-state index in [1.54, 1.807) is 5.01 Å². The molecule has 0 saturated carbocycles. The highest BCUT2D eigenvalue weighted by Gasteiger charge is 2.53. The minimum absolute atomic E-state index is 0.105. The van der Waals surface area contributed by atoms with Gasteiger partial charge in [0.15, 0.2) is 0 Å². The zero-order valence-electron chi connectivity index (χ0n) is 16.8. The average Bonchev–Trinajstić information content (AvgIpc) is 3.20. The number of rotatable bonds is 8. The van der Waals surface area contributed by atoms with Gasteiger partial charge in [0.25, 0.3) is 0 Å². The van der Waals surface area contributed by atoms with E-state index in [1.165, 1.54) is 11.1 Å². The second kappa shape index (κ2) is 7.99. The fraction of sp³-hybridized carbons (Fsp3) is 0.348. The van der Waals surface area contributed by atoms with Crippen LogP contribution in [-0.4, -0.2) is 39.3 Å². The lowest BCUT2D eigenvalue weighted by Crippen LogP contribution is -2.43. The Hall–Kier alpha value is -2.67. The highest BCUT2D eigenvalue weighted by molar-refractivity contribution is 5.84. The lowest BCUT2D eigenvalue weighted by atomic mass is 9.93. The molecule has 5 N–H and O–H groups in total. The first-order valence-electron chi connectivity index (χ1n) is 10.1. The number of para-hydroxylation sites is 1. The molecule has 2 heterocycles. The Bertz CT molecular complexity index is 1010. The molecule has 3 unspecified atom stereocenters. The van der Waals surface area contributed by atoms with Gasteiger partial charge in [-0.2, -0.15) is 0 Å². The van der Waals surface area contributed by atoms with E-state index in [2.05, 4.69) is 42.5 Å². The summed E-state index contributed by atoms with van der Waals surface area (Å²) in [6.45, 7) is 4.26. The summed E-state index contributed by atoms with van der Waals surface area (Å²) in [5.41, 5.74) is 14.3. The number of carbonyl (C=O) groups is 1. The van der Waals surface area contributed by atoms with Crippen LogP contribution in [0.15, 0.2) is 54.7 Å². The van der Waals surface area contributed by atoms with Crippen LogP contribution in [0.5, 0.6) is 0 Å². The summed E-state index contributed by atoms with van der Waals surface area (Å²) in [7, 11) is 0. The van der Waals surface area contributed by atoms with E-state index in [-0.39, 0.29) is 18.1 Å². The molecule has 5 atom stereocenters. The lowest BCUT2D eigenvalue weighted by Gasteiger charge is -2.21. The van der Waals surface area contributed by atoms with Gasteiger partial charge in [0.1, 0.15) is 6.04 Å². The second-order valence-corrected chi connectivity index (χ2v) is 8.05. The van der Waals surface area contributed by atoms with Crippen molar-refractivity contribution in [3.63, 3.8) is 0 Å². The van der Waals surface area contributed by atoms with E-state index < -0.39 is 12.0 Å². The molecule has 1 aromatic heterocycles. The van der Waals surface area contributed by atoms with Crippen LogP contribution >= 0.6 is 0 Å². The maximum atomic E-state index is 11.7. The summed E-state index contributed by atoms with van der Waals surface area (Å²) in [6.07, 6.45) is 3.06. The molecule has 3 aromatic rings. The molecule has 0 radical (unpaired) electrons. The first-order chi connectivity index (χ1) is 14.0. The molecular weight excluding hydrogens is 364 g/mol. The van der Waals surface area contributed by atoms with Crippen LogP contribution in [0.1, 0.15) is 36.0 Å². The molecule has 0 aliphatic carbocycles. The molecule has 152 valence electrons. The fourth-order valence-corrected chi connectivity index (χ4v) is 4.37. The van der Waals surface area contributed by atoms with E-state index in [9.17, 15) is 9.90 Å². The van der Waals surface area contributed by atoms with Crippen molar-refractivity contribution in [2.45, 2.75) is 50.9 Å². The van der Waals surface area contributed by atoms with Gasteiger partial charge in [0.05, 0.1) is 12.2 Å². The van der Waals surface area contributed by atoms with Crippen LogP contribution in [0, 0.1) is 6.92 Å². The number of aryl methyl sites for hydroxylation is 1. The van der Waals surface area contributed by atoms with Gasteiger partial charge in [0, 0.05) is 17.1 Å². The predicted molar refractivity (Wildman–Crippen MR) is 114 cm³/mol. The summed E-state index contributed by atoms with van der Waals surface area (Å²) < 4.78 is 0. The Morgan fingerprint density at radius 3 is 2.72 bits per heavy atom. The van der Waals surface area contributed by atoms with E-state index in [0.717, 1.165) is 22.9 Å². The summed E-state index contributed by atoms with van der Waals surface area (Å²) >= 11 is 0. The number of aromatic amines is 1. The Labute approximate surface area is 170 Å². The molecule has 1 aliphatic heterocycles. The molecule has 0 bridgehead atoms. The van der Waals surface area contributed by atoms with Crippen molar-refractivity contribution < 1.29 is 9.90 Å². The molecule has 0 spiro atoms. The van der Waals surface area contributed by atoms with Crippen molar-refractivity contribution in [1.29, 1.82) is 0 Å². The molecular formula is C23H28N4O2. The van der Waals surface area contributed by atoms with E-state index in [4.69, 9.17) is 5.73 Å². The zero-order chi connectivity index (χ0) is 20.5. The van der Waals surface area contributed by atoms with Crippen LogP contribution in [-0.2, 0) is 11.2 Å². The monoisotopic (exact) mass is 392 g/mol. The third-order valence-electron chi connectivity index (χ3n) is 5.93. The second-order valence-electron chi connectivity index (χ2n) is 8.05. The number of nitrogens with zero attached hydrogens (tertiary/aromatic N) is 1. The molecule has 29 heavy (non-hydrogen) atoms. The number of hydrogen-bond acceptors (Lipinski definition) is 4. The first-order valence-corrected chi connectivity index (χ1v) is 10.1. The van der Waals surface area contributed by atoms with E-state index >= 15 is 0 Å². The van der Waals surface area contributed by atoms with Gasteiger partial charge in [-0.15, -0.1) is 0 Å². The number of carboxylic acids is 1. The van der Waals surface area contributed by atoms with Gasteiger partial charge in [-0.05, 0) is 48.4 Å². The van der Waals surface area contributed by atoms with Crippen molar-refractivity contribution in [2.75, 3.05) is 0 Å². The molecule has 1 aliphatic rings. The number of benzene rings is 2. The minimum Gasteiger partial charge on any atom is -0.480 e. The maximum absolute atomic E-state index is 11.7. The van der Waals surface area contributed by atoms with E-state index in [1.807, 2.05) is 36.5 Å². The highest BCUT2D eigenvalue weighted by Crippen LogP contribution is 2.32. The standard InChI is InChI=1S/C23H28N4O2/c1-14-7-3-4-8-17(14)15(2)11-21(24)26-27-20(22(27)23(28)29)12-16-13-25-19-10-6-5-9-18(16)19/h3-10,13,15,20-22,25-26H,11-12,24H2,1-2H3,(H,28,29)/t15?,20-,21?,22-,27?/m1/s1.